The lowest BCUT2D eigenvalue weighted by Gasteiger charge is -2.06. The molecule has 1 heterocycles. The first-order chi connectivity index (χ1) is 12.6. The van der Waals surface area contributed by atoms with Crippen molar-refractivity contribution in [2.75, 3.05) is 11.1 Å². The quantitative estimate of drug-likeness (QED) is 0.580. The lowest BCUT2D eigenvalue weighted by Crippen LogP contribution is -2.12. The summed E-state index contributed by atoms with van der Waals surface area (Å²) in [5.41, 5.74) is 2.74. The lowest BCUT2D eigenvalue weighted by atomic mass is 10.1. The average molecular weight is 388 g/mol. The van der Waals surface area contributed by atoms with Crippen molar-refractivity contribution in [3.63, 3.8) is 0 Å². The molecule has 0 aliphatic heterocycles. The molecule has 0 aliphatic rings. The van der Waals surface area contributed by atoms with Gasteiger partial charge in [0.1, 0.15) is 0 Å². The van der Waals surface area contributed by atoms with Gasteiger partial charge in [0.25, 0.3) is 0 Å². The third kappa shape index (κ3) is 5.09. The summed E-state index contributed by atoms with van der Waals surface area (Å²) in [5, 5.41) is 7.34. The fraction of sp³-hybridized carbons (Fsp3) is 0.211. The Labute approximate surface area is 161 Å². The van der Waals surface area contributed by atoms with Gasteiger partial charge >= 0.3 is 0 Å². The van der Waals surface area contributed by atoms with Crippen LogP contribution in [0.5, 0.6) is 0 Å². The van der Waals surface area contributed by atoms with E-state index >= 15 is 0 Å². The maximum Gasteiger partial charge on any atom is 0.236 e. The maximum absolute atomic E-state index is 12.0. The largest absolute Gasteiger partial charge is 0.338 e. The van der Waals surface area contributed by atoms with Gasteiger partial charge in [-0.15, -0.1) is 0 Å². The Morgan fingerprint density at radius 3 is 2.73 bits per heavy atom. The molecule has 134 valence electrons. The molecule has 1 aromatic heterocycles. The van der Waals surface area contributed by atoms with Crippen molar-refractivity contribution >= 4 is 35.0 Å². The second-order valence-electron chi connectivity index (χ2n) is 5.71. The Balaban J connectivity index is 1.43. The molecular formula is C19H18ClN3O2S. The molecule has 0 unspecified atom stereocenters. The third-order valence-electron chi connectivity index (χ3n) is 3.62. The highest BCUT2D eigenvalue weighted by molar-refractivity contribution is 7.98. The van der Waals surface area contributed by atoms with Gasteiger partial charge in [-0.25, -0.2) is 0 Å². The van der Waals surface area contributed by atoms with Gasteiger partial charge in [0.05, 0.1) is 16.5 Å². The highest BCUT2D eigenvalue weighted by Crippen LogP contribution is 2.21. The van der Waals surface area contributed by atoms with E-state index in [1.165, 1.54) is 5.56 Å². The summed E-state index contributed by atoms with van der Waals surface area (Å²) >= 11 is 7.59. The molecule has 0 bridgehead atoms. The topological polar surface area (TPSA) is 68.0 Å². The van der Waals surface area contributed by atoms with Crippen LogP contribution in [-0.4, -0.2) is 21.8 Å². The Morgan fingerprint density at radius 1 is 1.19 bits per heavy atom. The smallest absolute Gasteiger partial charge is 0.236 e. The van der Waals surface area contributed by atoms with Gasteiger partial charge in [-0.05, 0) is 19.1 Å². The number of nitrogens with one attached hydrogen (secondary N) is 1. The van der Waals surface area contributed by atoms with E-state index in [9.17, 15) is 4.79 Å². The number of carbonyl (C=O) groups excluding carboxylic acids is 1. The Morgan fingerprint density at radius 2 is 1.96 bits per heavy atom. The molecule has 0 atom stereocenters. The molecule has 7 heteroatoms. The first kappa shape index (κ1) is 18.5. The van der Waals surface area contributed by atoms with E-state index in [1.807, 2.05) is 43.3 Å². The predicted molar refractivity (Wildman–Crippen MR) is 105 cm³/mol. The number of nitrogens with zero attached hydrogens (tertiary/aromatic N) is 2. The number of benzene rings is 2. The molecule has 0 spiro atoms. The zero-order valence-electron chi connectivity index (χ0n) is 14.2. The Kier molecular flexibility index (Phi) is 6.30. The van der Waals surface area contributed by atoms with E-state index in [1.54, 1.807) is 23.9 Å². The van der Waals surface area contributed by atoms with E-state index in [-0.39, 0.29) is 5.91 Å². The normalized spacial score (nSPS) is 10.7. The minimum atomic E-state index is -0.0727. The van der Waals surface area contributed by atoms with Gasteiger partial charge < -0.3 is 9.84 Å². The monoisotopic (exact) mass is 387 g/mol. The Hall–Kier alpha value is -2.31. The summed E-state index contributed by atoms with van der Waals surface area (Å²) in [6, 6.07) is 15.1. The van der Waals surface area contributed by atoms with Crippen molar-refractivity contribution in [3.8, 4) is 11.4 Å². The van der Waals surface area contributed by atoms with Gasteiger partial charge in [0, 0.05) is 17.7 Å². The number of thioether (sulfide) groups is 1. The maximum atomic E-state index is 12.0. The molecule has 0 radical (unpaired) electrons. The number of amides is 1. The van der Waals surface area contributed by atoms with Crippen molar-refractivity contribution in [1.82, 2.24) is 10.1 Å². The van der Waals surface area contributed by atoms with Gasteiger partial charge in [-0.2, -0.15) is 16.7 Å². The summed E-state index contributed by atoms with van der Waals surface area (Å²) < 4.78 is 5.27. The summed E-state index contributed by atoms with van der Waals surface area (Å²) in [6.07, 6.45) is 0.384. The second kappa shape index (κ2) is 8.87. The summed E-state index contributed by atoms with van der Waals surface area (Å²) in [6.45, 7) is 2.03. The first-order valence-corrected chi connectivity index (χ1v) is 9.67. The van der Waals surface area contributed by atoms with Crippen LogP contribution in [0.15, 0.2) is 53.1 Å². The van der Waals surface area contributed by atoms with Gasteiger partial charge in [0.15, 0.2) is 0 Å². The van der Waals surface area contributed by atoms with Crippen LogP contribution in [-0.2, 0) is 10.5 Å². The van der Waals surface area contributed by atoms with Crippen molar-refractivity contribution < 1.29 is 9.32 Å². The van der Waals surface area contributed by atoms with Crippen molar-refractivity contribution in [2.24, 2.45) is 0 Å². The van der Waals surface area contributed by atoms with Crippen LogP contribution in [0.25, 0.3) is 11.4 Å². The molecule has 0 aliphatic carbocycles. The van der Waals surface area contributed by atoms with Gasteiger partial charge in [-0.1, -0.05) is 58.7 Å². The van der Waals surface area contributed by atoms with Crippen LogP contribution in [0.4, 0.5) is 5.69 Å². The zero-order valence-corrected chi connectivity index (χ0v) is 15.8. The van der Waals surface area contributed by atoms with Crippen molar-refractivity contribution in [3.05, 3.63) is 65.0 Å². The van der Waals surface area contributed by atoms with E-state index < -0.39 is 0 Å². The fourth-order valence-electron chi connectivity index (χ4n) is 2.23. The number of carbonyl (C=O) groups is 1. The first-order valence-electron chi connectivity index (χ1n) is 8.13. The molecule has 5 nitrogen and oxygen atoms in total. The van der Waals surface area contributed by atoms with E-state index in [2.05, 4.69) is 15.5 Å². The molecule has 3 rings (SSSR count). The summed E-state index contributed by atoms with van der Waals surface area (Å²) in [5.74, 6) is 2.28. The molecule has 2 aromatic carbocycles. The molecule has 0 fully saturated rings. The van der Waals surface area contributed by atoms with Gasteiger partial charge in [-0.3, -0.25) is 4.79 Å². The van der Waals surface area contributed by atoms with Crippen LogP contribution in [0.2, 0.25) is 5.02 Å². The highest BCUT2D eigenvalue weighted by atomic mass is 35.5. The lowest BCUT2D eigenvalue weighted by molar-refractivity contribution is -0.115. The molecule has 1 N–H and O–H groups in total. The SMILES string of the molecule is Cc1ccc(-c2noc(CSCCC(=O)Nc3ccccc3Cl)n2)cc1. The molecule has 1 amide bonds. The second-order valence-corrected chi connectivity index (χ2v) is 7.22. The standard InChI is InChI=1S/C19H18ClN3O2S/c1-13-6-8-14(9-7-13)19-22-18(25-23-19)12-26-11-10-17(24)21-16-5-3-2-4-15(16)20/h2-9H,10-12H2,1H3,(H,21,24). The molecule has 0 saturated carbocycles. The van der Waals surface area contributed by atoms with Gasteiger partial charge in [0.2, 0.25) is 17.6 Å². The highest BCUT2D eigenvalue weighted by Gasteiger charge is 2.09. The predicted octanol–water partition coefficient (Wildman–Crippen LogP) is 4.96. The number of rotatable bonds is 7. The van der Waals surface area contributed by atoms with Crippen LogP contribution in [0.3, 0.4) is 0 Å². The number of halogens is 1. The molecule has 26 heavy (non-hydrogen) atoms. The van der Waals surface area contributed by atoms with Crippen molar-refractivity contribution in [2.45, 2.75) is 19.1 Å². The number of anilines is 1. The third-order valence-corrected chi connectivity index (χ3v) is 4.90. The zero-order chi connectivity index (χ0) is 18.4. The minimum Gasteiger partial charge on any atom is -0.338 e. The molecule has 0 saturated heterocycles. The van der Waals surface area contributed by atoms with E-state index in [0.29, 0.717) is 40.4 Å². The van der Waals surface area contributed by atoms with E-state index in [4.69, 9.17) is 16.1 Å². The number of hydrogen-bond donors (Lipinski definition) is 1. The summed E-state index contributed by atoms with van der Waals surface area (Å²) in [4.78, 5) is 16.3. The Bertz CT molecular complexity index is 881. The molecule has 3 aromatic rings. The number of aryl methyl sites for hydroxylation is 1. The fourth-order valence-corrected chi connectivity index (χ4v) is 3.18. The van der Waals surface area contributed by atoms with Crippen LogP contribution in [0, 0.1) is 6.92 Å². The summed E-state index contributed by atoms with van der Waals surface area (Å²) in [7, 11) is 0. The van der Waals surface area contributed by atoms with Crippen LogP contribution >= 0.6 is 23.4 Å². The average Bonchev–Trinajstić information content (AvgIpc) is 3.10. The number of hydrogen-bond acceptors (Lipinski definition) is 5. The number of aromatic nitrogens is 2. The van der Waals surface area contributed by atoms with E-state index in [0.717, 1.165) is 5.56 Å². The van der Waals surface area contributed by atoms with Crippen molar-refractivity contribution in [1.29, 1.82) is 0 Å². The molecular weight excluding hydrogens is 370 g/mol. The van der Waals surface area contributed by atoms with Crippen LogP contribution < -0.4 is 5.32 Å². The number of para-hydroxylation sites is 1. The van der Waals surface area contributed by atoms with Crippen LogP contribution in [0.1, 0.15) is 17.9 Å². The minimum absolute atomic E-state index is 0.0727.